The maximum absolute atomic E-state index is 15.5. The normalized spacial score (nSPS) is 15.8. The summed E-state index contributed by atoms with van der Waals surface area (Å²) in [6, 6.07) is -0.252. The van der Waals surface area contributed by atoms with Crippen molar-refractivity contribution >= 4 is 11.4 Å². The standard InChI is InChI=1S/C38H44F20N2/c1-25(2,3)19-13-17(14-20(23(19)59)26(4,5)6)29(39,40)31(43,44)33(47,48)35(51,52)37(55,56)38(57,58)36(53,54)34(49,50)32(45,46)30(41,42)18-15-21(27(7,8)9)24(60)22(16-18)28(10,11)12/h13-16H,59-60H2,1-12H3. The molecule has 2 aromatic carbocycles. The molecule has 0 fully saturated rings. The average molecular weight is 909 g/mol. The minimum absolute atomic E-state index is 0.0631. The number of benzene rings is 2. The monoisotopic (exact) mass is 908 g/mol. The predicted octanol–water partition coefficient (Wildman–Crippen LogP) is 14.0. The molecule has 0 radical (unpaired) electrons. The van der Waals surface area contributed by atoms with E-state index >= 15 is 52.7 Å². The van der Waals surface area contributed by atoms with Gasteiger partial charge < -0.3 is 11.5 Å². The van der Waals surface area contributed by atoms with E-state index in [0.29, 0.717) is 0 Å². The Labute approximate surface area is 332 Å². The van der Waals surface area contributed by atoms with Crippen LogP contribution in [0.3, 0.4) is 0 Å². The van der Waals surface area contributed by atoms with Gasteiger partial charge in [0.25, 0.3) is 0 Å². The molecular weight excluding hydrogens is 864 g/mol. The van der Waals surface area contributed by atoms with Crippen LogP contribution in [0.4, 0.5) is 99.2 Å². The zero-order chi connectivity index (χ0) is 48.4. The fourth-order valence-electron chi connectivity index (χ4n) is 6.09. The molecule has 22 heteroatoms. The van der Waals surface area contributed by atoms with Gasteiger partial charge in [-0.15, -0.1) is 0 Å². The lowest BCUT2D eigenvalue weighted by atomic mass is 9.76. The summed E-state index contributed by atoms with van der Waals surface area (Å²) in [7, 11) is 0. The Balaban J connectivity index is 2.92. The highest BCUT2D eigenvalue weighted by Crippen LogP contribution is 2.68. The third-order valence-corrected chi connectivity index (χ3v) is 9.87. The molecule has 0 unspecified atom stereocenters. The van der Waals surface area contributed by atoms with Gasteiger partial charge in [0.2, 0.25) is 0 Å². The minimum atomic E-state index is -9.16. The summed E-state index contributed by atoms with van der Waals surface area (Å²) in [4.78, 5) is 0. The van der Waals surface area contributed by atoms with Crippen LogP contribution < -0.4 is 11.5 Å². The van der Waals surface area contributed by atoms with Crippen LogP contribution in [0.2, 0.25) is 0 Å². The van der Waals surface area contributed by atoms with Crippen molar-refractivity contribution in [1.29, 1.82) is 0 Å². The number of rotatable bonds is 11. The van der Waals surface area contributed by atoms with E-state index < -0.39 is 126 Å². The molecule has 0 aliphatic carbocycles. The molecule has 2 nitrogen and oxygen atoms in total. The Hall–Kier alpha value is -3.36. The van der Waals surface area contributed by atoms with E-state index in [1.807, 2.05) is 0 Å². The summed E-state index contributed by atoms with van der Waals surface area (Å²) in [6.45, 7) is 14.3. The Morgan fingerprint density at radius 1 is 0.267 bits per heavy atom. The highest BCUT2D eigenvalue weighted by atomic mass is 19.4. The largest absolute Gasteiger partial charge is 0.398 e. The van der Waals surface area contributed by atoms with E-state index in [1.165, 1.54) is 83.1 Å². The number of anilines is 2. The van der Waals surface area contributed by atoms with Crippen molar-refractivity contribution in [3.8, 4) is 0 Å². The van der Waals surface area contributed by atoms with Crippen LogP contribution in [0, 0.1) is 0 Å². The molecule has 2 rings (SSSR count). The molecule has 0 heterocycles. The fourth-order valence-corrected chi connectivity index (χ4v) is 6.09. The topological polar surface area (TPSA) is 52.0 Å². The first-order valence-corrected chi connectivity index (χ1v) is 17.4. The Morgan fingerprint density at radius 2 is 0.400 bits per heavy atom. The van der Waals surface area contributed by atoms with Crippen LogP contribution in [-0.4, -0.2) is 47.4 Å². The van der Waals surface area contributed by atoms with Crippen molar-refractivity contribution in [1.82, 2.24) is 0 Å². The van der Waals surface area contributed by atoms with E-state index in [0.717, 1.165) is 0 Å². The molecule has 0 aromatic heterocycles. The van der Waals surface area contributed by atoms with Gasteiger partial charge in [-0.05, 0) is 68.2 Å². The fraction of sp³-hybridized carbons (Fsp3) is 0.684. The molecule has 346 valence electrons. The third-order valence-electron chi connectivity index (χ3n) is 9.87. The molecule has 0 aliphatic rings. The summed E-state index contributed by atoms with van der Waals surface area (Å²) >= 11 is 0. The molecule has 2 aromatic rings. The Morgan fingerprint density at radius 3 is 0.533 bits per heavy atom. The van der Waals surface area contributed by atoms with Crippen molar-refractivity contribution < 1.29 is 87.8 Å². The maximum Gasteiger partial charge on any atom is 0.385 e. The van der Waals surface area contributed by atoms with Crippen LogP contribution in [0.1, 0.15) is 116 Å². The number of nitrogens with two attached hydrogens (primary N) is 2. The van der Waals surface area contributed by atoms with Gasteiger partial charge in [0.1, 0.15) is 0 Å². The SMILES string of the molecule is CC(C)(C)c1cc(C(F)(F)C(F)(F)C(F)(F)C(F)(F)C(F)(F)C(F)(F)C(F)(F)C(F)(F)C(F)(F)C(F)(F)c2cc(C(C)(C)C)c(N)c(C(C)(C)C)c2)cc(C(C)(C)C)c1N. The smallest absolute Gasteiger partial charge is 0.385 e. The van der Waals surface area contributed by atoms with Gasteiger partial charge >= 0.3 is 59.2 Å². The average Bonchev–Trinajstić information content (AvgIpc) is 3.01. The van der Waals surface area contributed by atoms with Gasteiger partial charge in [0.05, 0.1) is 0 Å². The molecule has 0 amide bonds. The van der Waals surface area contributed by atoms with Gasteiger partial charge in [-0.25, -0.2) is 0 Å². The van der Waals surface area contributed by atoms with Gasteiger partial charge in [0, 0.05) is 22.5 Å². The zero-order valence-electron chi connectivity index (χ0n) is 34.0. The highest BCUT2D eigenvalue weighted by molar-refractivity contribution is 5.62. The number of halogens is 20. The molecule has 0 saturated heterocycles. The number of nitrogen functional groups attached to an aromatic ring is 2. The summed E-state index contributed by atoms with van der Waals surface area (Å²) in [6.07, 6.45) is 0. The quantitative estimate of drug-likeness (QED) is 0.174. The minimum Gasteiger partial charge on any atom is -0.398 e. The molecule has 0 atom stereocenters. The first kappa shape index (κ1) is 52.8. The van der Waals surface area contributed by atoms with E-state index in [4.69, 9.17) is 11.5 Å². The van der Waals surface area contributed by atoms with E-state index in [2.05, 4.69) is 0 Å². The molecule has 0 spiro atoms. The predicted molar refractivity (Wildman–Crippen MR) is 184 cm³/mol. The second-order valence-corrected chi connectivity index (χ2v) is 18.7. The van der Waals surface area contributed by atoms with Gasteiger partial charge in [-0.2, -0.15) is 87.8 Å². The van der Waals surface area contributed by atoms with Gasteiger partial charge in [-0.3, -0.25) is 0 Å². The van der Waals surface area contributed by atoms with Crippen LogP contribution in [0.15, 0.2) is 24.3 Å². The lowest BCUT2D eigenvalue weighted by Gasteiger charge is -2.45. The number of alkyl halides is 20. The molecule has 0 aliphatic heterocycles. The van der Waals surface area contributed by atoms with Crippen molar-refractivity contribution in [2.24, 2.45) is 0 Å². The van der Waals surface area contributed by atoms with Crippen LogP contribution in [0.25, 0.3) is 0 Å². The zero-order valence-corrected chi connectivity index (χ0v) is 34.0. The van der Waals surface area contributed by atoms with Crippen LogP contribution in [-0.2, 0) is 33.5 Å². The van der Waals surface area contributed by atoms with Gasteiger partial charge in [-0.1, -0.05) is 83.1 Å². The number of hydrogen-bond donors (Lipinski definition) is 2. The summed E-state index contributed by atoms with van der Waals surface area (Å²) in [5.41, 5.74) is -2.01. The molecular formula is C38H44F20N2. The first-order chi connectivity index (χ1) is 25.7. The lowest BCUT2D eigenvalue weighted by Crippen LogP contribution is -2.76. The van der Waals surface area contributed by atoms with E-state index in [-0.39, 0.29) is 24.3 Å². The number of hydrogen-bond acceptors (Lipinski definition) is 2. The van der Waals surface area contributed by atoms with Gasteiger partial charge in [0.15, 0.2) is 0 Å². The molecule has 0 saturated carbocycles. The Kier molecular flexibility index (Phi) is 12.4. The highest BCUT2D eigenvalue weighted by Gasteiger charge is 2.97. The maximum atomic E-state index is 15.5. The molecule has 60 heavy (non-hydrogen) atoms. The van der Waals surface area contributed by atoms with Crippen molar-refractivity contribution in [2.45, 2.75) is 164 Å². The van der Waals surface area contributed by atoms with Crippen molar-refractivity contribution in [2.75, 3.05) is 11.5 Å². The summed E-state index contributed by atoms with van der Waals surface area (Å²) in [5, 5.41) is 0. The summed E-state index contributed by atoms with van der Waals surface area (Å²) < 4.78 is 302. The van der Waals surface area contributed by atoms with E-state index in [9.17, 15) is 35.1 Å². The summed E-state index contributed by atoms with van der Waals surface area (Å²) in [5.74, 6) is -83.6. The Bertz CT molecular complexity index is 1730. The second-order valence-electron chi connectivity index (χ2n) is 18.7. The van der Waals surface area contributed by atoms with Crippen LogP contribution >= 0.6 is 0 Å². The van der Waals surface area contributed by atoms with E-state index in [1.54, 1.807) is 0 Å². The van der Waals surface area contributed by atoms with Crippen molar-refractivity contribution in [3.05, 3.63) is 57.6 Å². The third kappa shape index (κ3) is 7.41. The first-order valence-electron chi connectivity index (χ1n) is 17.4. The second kappa shape index (κ2) is 14.1. The lowest BCUT2D eigenvalue weighted by molar-refractivity contribution is -0.470. The molecule has 4 N–H and O–H groups in total. The van der Waals surface area contributed by atoms with Crippen molar-refractivity contribution in [3.63, 3.8) is 0 Å². The molecule has 0 bridgehead atoms. The van der Waals surface area contributed by atoms with Crippen LogP contribution in [0.5, 0.6) is 0 Å².